The van der Waals surface area contributed by atoms with Crippen LogP contribution in [0.25, 0.3) is 0 Å². The molecule has 1 heterocycles. The van der Waals surface area contributed by atoms with E-state index in [1.165, 1.54) is 6.92 Å². The molecule has 0 bridgehead atoms. The summed E-state index contributed by atoms with van der Waals surface area (Å²) in [5.74, 6) is -0.629. The number of hydrogen-bond donors (Lipinski definition) is 3. The van der Waals surface area contributed by atoms with E-state index >= 15 is 0 Å². The number of ether oxygens (including phenoxy) is 3. The maximum atomic E-state index is 11.2. The smallest absolute Gasteiger partial charge is 0.303 e. The normalized spacial score (nSPS) is 31.7. The van der Waals surface area contributed by atoms with Crippen molar-refractivity contribution in [2.75, 3.05) is 6.61 Å². The summed E-state index contributed by atoms with van der Waals surface area (Å²) in [6.45, 7) is 0.854. The Hall–Kier alpha value is -1.51. The molecule has 1 aliphatic heterocycles. The second-order valence-electron chi connectivity index (χ2n) is 5.07. The highest BCUT2D eigenvalue weighted by Gasteiger charge is 2.47. The monoisotopic (exact) mass is 312 g/mol. The van der Waals surface area contributed by atoms with Crippen molar-refractivity contribution in [1.29, 1.82) is 0 Å². The minimum Gasteiger partial charge on any atom is -0.454 e. The molecule has 22 heavy (non-hydrogen) atoms. The van der Waals surface area contributed by atoms with Gasteiger partial charge in [0, 0.05) is 6.92 Å². The van der Waals surface area contributed by atoms with E-state index in [9.17, 15) is 20.1 Å². The van der Waals surface area contributed by atoms with Gasteiger partial charge in [-0.05, 0) is 5.56 Å². The standard InChI is InChI=1S/C15H20O7/c1-9(17)21-14-13(12(18)11(7-16)22-15(14)19)20-8-10-5-3-2-4-6-10/h2-6,11-16,18-19H,7-8H2,1H3/t11-,12-,13+,14-,15?/m1/s1. The van der Waals surface area contributed by atoms with E-state index in [4.69, 9.17) is 14.2 Å². The summed E-state index contributed by atoms with van der Waals surface area (Å²) < 4.78 is 15.6. The van der Waals surface area contributed by atoms with Gasteiger partial charge in [0.05, 0.1) is 13.2 Å². The van der Waals surface area contributed by atoms with Gasteiger partial charge in [0.25, 0.3) is 0 Å². The molecule has 3 N–H and O–H groups in total. The number of carbonyl (C=O) groups excluding carboxylic acids is 1. The molecule has 7 heteroatoms. The Labute approximate surface area is 128 Å². The molecule has 0 spiro atoms. The highest BCUT2D eigenvalue weighted by Crippen LogP contribution is 2.25. The van der Waals surface area contributed by atoms with E-state index in [0.29, 0.717) is 0 Å². The molecule has 1 aromatic rings. The van der Waals surface area contributed by atoms with E-state index in [1.807, 2.05) is 30.3 Å². The van der Waals surface area contributed by atoms with Crippen LogP contribution in [0.4, 0.5) is 0 Å². The van der Waals surface area contributed by atoms with E-state index in [1.54, 1.807) is 0 Å². The van der Waals surface area contributed by atoms with Crippen LogP contribution in [0.1, 0.15) is 12.5 Å². The maximum absolute atomic E-state index is 11.2. The SMILES string of the molecule is CC(=O)O[C@H]1C(O)O[C@H](CO)[C@@H](O)[C@@H]1OCc1ccccc1. The molecule has 2 rings (SSSR count). The van der Waals surface area contributed by atoms with Crippen LogP contribution in [0.3, 0.4) is 0 Å². The van der Waals surface area contributed by atoms with E-state index in [2.05, 4.69) is 0 Å². The molecular weight excluding hydrogens is 292 g/mol. The van der Waals surface area contributed by atoms with Crippen molar-refractivity contribution in [3.63, 3.8) is 0 Å². The van der Waals surface area contributed by atoms with E-state index in [-0.39, 0.29) is 6.61 Å². The Kier molecular flexibility index (Phi) is 5.87. The highest BCUT2D eigenvalue weighted by molar-refractivity contribution is 5.66. The predicted molar refractivity (Wildman–Crippen MR) is 74.5 cm³/mol. The third kappa shape index (κ3) is 4.02. The minimum atomic E-state index is -1.48. The lowest BCUT2D eigenvalue weighted by molar-refractivity contribution is -0.299. The zero-order chi connectivity index (χ0) is 16.1. The summed E-state index contributed by atoms with van der Waals surface area (Å²) in [5.41, 5.74) is 0.859. The quantitative estimate of drug-likeness (QED) is 0.634. The van der Waals surface area contributed by atoms with Crippen LogP contribution >= 0.6 is 0 Å². The van der Waals surface area contributed by atoms with Gasteiger partial charge in [-0.2, -0.15) is 0 Å². The number of aliphatic hydroxyl groups excluding tert-OH is 3. The van der Waals surface area contributed by atoms with Crippen LogP contribution in [0, 0.1) is 0 Å². The van der Waals surface area contributed by atoms with Crippen LogP contribution < -0.4 is 0 Å². The predicted octanol–water partition coefficient (Wildman–Crippen LogP) is -0.426. The highest BCUT2D eigenvalue weighted by atomic mass is 16.7. The van der Waals surface area contributed by atoms with Crippen LogP contribution in [0.5, 0.6) is 0 Å². The van der Waals surface area contributed by atoms with Gasteiger partial charge in [0.2, 0.25) is 0 Å². The molecule has 1 unspecified atom stereocenters. The molecule has 1 saturated heterocycles. The van der Waals surface area contributed by atoms with Crippen molar-refractivity contribution < 1.29 is 34.3 Å². The molecule has 0 aromatic heterocycles. The Bertz CT molecular complexity index is 478. The summed E-state index contributed by atoms with van der Waals surface area (Å²) in [6.07, 6.45) is -5.90. The van der Waals surface area contributed by atoms with Crippen LogP contribution in [0.2, 0.25) is 0 Å². The summed E-state index contributed by atoms with van der Waals surface area (Å²) in [5, 5.41) is 29.3. The topological polar surface area (TPSA) is 105 Å². The van der Waals surface area contributed by atoms with Gasteiger partial charge in [0.15, 0.2) is 12.4 Å². The number of benzene rings is 1. The van der Waals surface area contributed by atoms with Gasteiger partial charge in [0.1, 0.15) is 18.3 Å². The third-order valence-electron chi connectivity index (χ3n) is 3.40. The fraction of sp³-hybridized carbons (Fsp3) is 0.533. The van der Waals surface area contributed by atoms with Crippen molar-refractivity contribution in [3.05, 3.63) is 35.9 Å². The average Bonchev–Trinajstić information content (AvgIpc) is 2.50. The van der Waals surface area contributed by atoms with E-state index in [0.717, 1.165) is 5.56 Å². The molecule has 1 aromatic carbocycles. The number of carbonyl (C=O) groups is 1. The number of aliphatic hydroxyl groups is 3. The third-order valence-corrected chi connectivity index (χ3v) is 3.40. The molecule has 122 valence electrons. The first-order valence-corrected chi connectivity index (χ1v) is 6.98. The van der Waals surface area contributed by atoms with Gasteiger partial charge < -0.3 is 29.5 Å². The number of esters is 1. The van der Waals surface area contributed by atoms with Crippen molar-refractivity contribution in [1.82, 2.24) is 0 Å². The first-order valence-electron chi connectivity index (χ1n) is 6.98. The lowest BCUT2D eigenvalue weighted by Gasteiger charge is -2.41. The van der Waals surface area contributed by atoms with Crippen LogP contribution in [-0.4, -0.2) is 58.6 Å². The molecule has 0 amide bonds. The van der Waals surface area contributed by atoms with Gasteiger partial charge in [-0.3, -0.25) is 4.79 Å². The zero-order valence-electron chi connectivity index (χ0n) is 12.2. The van der Waals surface area contributed by atoms with Crippen molar-refractivity contribution >= 4 is 5.97 Å². The fourth-order valence-corrected chi connectivity index (χ4v) is 2.33. The maximum Gasteiger partial charge on any atom is 0.303 e. The van der Waals surface area contributed by atoms with Gasteiger partial charge in [-0.1, -0.05) is 30.3 Å². The second-order valence-corrected chi connectivity index (χ2v) is 5.07. The lowest BCUT2D eigenvalue weighted by Crippen LogP contribution is -2.60. The molecule has 1 aliphatic rings. The van der Waals surface area contributed by atoms with Crippen molar-refractivity contribution in [2.45, 2.75) is 44.2 Å². The Morgan fingerprint density at radius 3 is 2.50 bits per heavy atom. The largest absolute Gasteiger partial charge is 0.454 e. The van der Waals surface area contributed by atoms with Crippen molar-refractivity contribution in [3.8, 4) is 0 Å². The average molecular weight is 312 g/mol. The molecular formula is C15H20O7. The zero-order valence-corrected chi connectivity index (χ0v) is 12.2. The first-order chi connectivity index (χ1) is 10.5. The lowest BCUT2D eigenvalue weighted by atomic mass is 9.98. The Balaban J connectivity index is 2.10. The van der Waals surface area contributed by atoms with Crippen LogP contribution in [0.15, 0.2) is 30.3 Å². The molecule has 0 aliphatic carbocycles. The van der Waals surface area contributed by atoms with Crippen LogP contribution in [-0.2, 0) is 25.6 Å². The van der Waals surface area contributed by atoms with Gasteiger partial charge >= 0.3 is 5.97 Å². The summed E-state index contributed by atoms with van der Waals surface area (Å²) in [6, 6.07) is 9.22. The summed E-state index contributed by atoms with van der Waals surface area (Å²) >= 11 is 0. The van der Waals surface area contributed by atoms with E-state index < -0.39 is 43.3 Å². The number of rotatable bonds is 5. The van der Waals surface area contributed by atoms with Gasteiger partial charge in [-0.25, -0.2) is 0 Å². The molecule has 7 nitrogen and oxygen atoms in total. The Morgan fingerprint density at radius 1 is 1.23 bits per heavy atom. The van der Waals surface area contributed by atoms with Crippen molar-refractivity contribution in [2.24, 2.45) is 0 Å². The molecule has 0 saturated carbocycles. The summed E-state index contributed by atoms with van der Waals surface area (Å²) in [7, 11) is 0. The molecule has 5 atom stereocenters. The number of hydrogen-bond acceptors (Lipinski definition) is 7. The molecule has 0 radical (unpaired) electrons. The van der Waals surface area contributed by atoms with Gasteiger partial charge in [-0.15, -0.1) is 0 Å². The Morgan fingerprint density at radius 2 is 1.91 bits per heavy atom. The first kappa shape index (κ1) is 16.9. The minimum absolute atomic E-state index is 0.158. The summed E-state index contributed by atoms with van der Waals surface area (Å²) in [4.78, 5) is 11.2. The second kappa shape index (κ2) is 7.66. The molecule has 1 fully saturated rings. The fourth-order valence-electron chi connectivity index (χ4n) is 2.33.